The van der Waals surface area contributed by atoms with E-state index in [0.717, 1.165) is 5.56 Å². The monoisotopic (exact) mass is 278 g/mol. The second-order valence-electron chi connectivity index (χ2n) is 4.61. The molecule has 0 spiro atoms. The van der Waals surface area contributed by atoms with Crippen LogP contribution in [0.4, 0.5) is 4.79 Å². The molecule has 1 unspecified atom stereocenters. The number of carboxylic acids is 1. The summed E-state index contributed by atoms with van der Waals surface area (Å²) in [5, 5.41) is 11.8. The van der Waals surface area contributed by atoms with E-state index < -0.39 is 12.0 Å². The van der Waals surface area contributed by atoms with Crippen molar-refractivity contribution < 1.29 is 19.4 Å². The van der Waals surface area contributed by atoms with Gasteiger partial charge in [0.1, 0.15) is 0 Å². The number of aliphatic carboxylic acids is 1. The molecule has 1 heterocycles. The van der Waals surface area contributed by atoms with Crippen LogP contribution in [-0.4, -0.2) is 48.3 Å². The van der Waals surface area contributed by atoms with Crippen LogP contribution in [0.3, 0.4) is 0 Å². The molecule has 1 aromatic carbocycles. The van der Waals surface area contributed by atoms with Crippen LogP contribution in [0.15, 0.2) is 30.3 Å². The molecule has 0 aliphatic carbocycles. The quantitative estimate of drug-likeness (QED) is 0.868. The van der Waals surface area contributed by atoms with Crippen molar-refractivity contribution in [2.45, 2.75) is 12.5 Å². The average molecular weight is 278 g/mol. The lowest BCUT2D eigenvalue weighted by Crippen LogP contribution is -2.47. The molecule has 108 valence electrons. The molecular weight excluding hydrogens is 260 g/mol. The minimum Gasteiger partial charge on any atom is -0.481 e. The standard InChI is InChI=1S/C14H18N2O4/c17-13(18)10-12(11-4-2-1-3-5-11)15-14(19)16-6-8-20-9-7-16/h1-5,12H,6-10H2,(H,15,19)(H,17,18). The van der Waals surface area contributed by atoms with Crippen LogP contribution >= 0.6 is 0 Å². The Morgan fingerprint density at radius 2 is 1.90 bits per heavy atom. The highest BCUT2D eigenvalue weighted by Gasteiger charge is 2.22. The Morgan fingerprint density at radius 3 is 2.50 bits per heavy atom. The summed E-state index contributed by atoms with van der Waals surface area (Å²) in [7, 11) is 0. The molecule has 2 rings (SSSR count). The molecule has 1 aliphatic rings. The summed E-state index contributed by atoms with van der Waals surface area (Å²) in [6.07, 6.45) is -0.139. The maximum absolute atomic E-state index is 12.1. The number of morpholine rings is 1. The van der Waals surface area contributed by atoms with Crippen molar-refractivity contribution in [3.8, 4) is 0 Å². The maximum Gasteiger partial charge on any atom is 0.318 e. The van der Waals surface area contributed by atoms with Gasteiger partial charge in [0.15, 0.2) is 0 Å². The lowest BCUT2D eigenvalue weighted by atomic mass is 10.0. The van der Waals surface area contributed by atoms with Crippen LogP contribution in [0.2, 0.25) is 0 Å². The number of hydrogen-bond acceptors (Lipinski definition) is 3. The number of rotatable bonds is 4. The Hall–Kier alpha value is -2.08. The molecule has 1 saturated heterocycles. The van der Waals surface area contributed by atoms with Crippen molar-refractivity contribution in [2.24, 2.45) is 0 Å². The predicted octanol–water partition coefficient (Wildman–Crippen LogP) is 1.24. The van der Waals surface area contributed by atoms with Gasteiger partial charge in [0.05, 0.1) is 25.7 Å². The van der Waals surface area contributed by atoms with Gasteiger partial charge >= 0.3 is 12.0 Å². The lowest BCUT2D eigenvalue weighted by molar-refractivity contribution is -0.137. The van der Waals surface area contributed by atoms with Crippen LogP contribution in [0, 0.1) is 0 Å². The molecule has 1 fully saturated rings. The number of ether oxygens (including phenoxy) is 1. The fraction of sp³-hybridized carbons (Fsp3) is 0.429. The third kappa shape index (κ3) is 3.96. The predicted molar refractivity (Wildman–Crippen MR) is 72.4 cm³/mol. The molecule has 1 aromatic rings. The van der Waals surface area contributed by atoms with Crippen molar-refractivity contribution in [2.75, 3.05) is 26.3 Å². The van der Waals surface area contributed by atoms with Crippen LogP contribution in [0.1, 0.15) is 18.0 Å². The summed E-state index contributed by atoms with van der Waals surface area (Å²) in [6.45, 7) is 2.09. The van der Waals surface area contributed by atoms with Crippen molar-refractivity contribution in [1.29, 1.82) is 0 Å². The minimum absolute atomic E-state index is 0.139. The Kier molecular flexibility index (Phi) is 4.95. The number of carbonyl (C=O) groups is 2. The molecule has 6 nitrogen and oxygen atoms in total. The fourth-order valence-electron chi connectivity index (χ4n) is 2.12. The van der Waals surface area contributed by atoms with E-state index in [2.05, 4.69) is 5.32 Å². The zero-order chi connectivity index (χ0) is 14.4. The van der Waals surface area contributed by atoms with E-state index in [0.29, 0.717) is 26.3 Å². The first-order valence-electron chi connectivity index (χ1n) is 6.57. The van der Waals surface area contributed by atoms with Crippen LogP contribution in [0.25, 0.3) is 0 Å². The zero-order valence-electron chi connectivity index (χ0n) is 11.1. The molecule has 2 amide bonds. The first kappa shape index (κ1) is 14.3. The maximum atomic E-state index is 12.1. The molecule has 20 heavy (non-hydrogen) atoms. The fourth-order valence-corrected chi connectivity index (χ4v) is 2.12. The summed E-state index contributed by atoms with van der Waals surface area (Å²) >= 11 is 0. The normalized spacial score (nSPS) is 16.5. The Morgan fingerprint density at radius 1 is 1.25 bits per heavy atom. The summed E-state index contributed by atoms with van der Waals surface area (Å²) in [5.41, 5.74) is 0.788. The van der Waals surface area contributed by atoms with E-state index in [-0.39, 0.29) is 12.5 Å². The van der Waals surface area contributed by atoms with Gasteiger partial charge in [-0.05, 0) is 5.56 Å². The Labute approximate surface area is 117 Å². The Bertz CT molecular complexity index is 458. The molecule has 2 N–H and O–H groups in total. The number of carboxylic acid groups (broad SMARTS) is 1. The minimum atomic E-state index is -0.943. The SMILES string of the molecule is O=C(O)CC(NC(=O)N1CCOCC1)c1ccccc1. The average Bonchev–Trinajstić information content (AvgIpc) is 2.48. The van der Waals surface area contributed by atoms with Gasteiger partial charge < -0.3 is 20.1 Å². The van der Waals surface area contributed by atoms with Gasteiger partial charge in [-0.25, -0.2) is 4.79 Å². The van der Waals surface area contributed by atoms with Crippen LogP contribution < -0.4 is 5.32 Å². The Balaban J connectivity index is 2.03. The van der Waals surface area contributed by atoms with E-state index >= 15 is 0 Å². The zero-order valence-corrected chi connectivity index (χ0v) is 11.1. The molecule has 0 bridgehead atoms. The molecule has 1 atom stereocenters. The first-order chi connectivity index (χ1) is 9.66. The second-order valence-corrected chi connectivity index (χ2v) is 4.61. The van der Waals surface area contributed by atoms with E-state index in [9.17, 15) is 9.59 Å². The van der Waals surface area contributed by atoms with E-state index in [1.54, 1.807) is 4.90 Å². The smallest absolute Gasteiger partial charge is 0.318 e. The highest BCUT2D eigenvalue weighted by atomic mass is 16.5. The topological polar surface area (TPSA) is 78.9 Å². The van der Waals surface area contributed by atoms with E-state index in [1.165, 1.54) is 0 Å². The van der Waals surface area contributed by atoms with Gasteiger partial charge in [-0.2, -0.15) is 0 Å². The van der Waals surface area contributed by atoms with E-state index in [1.807, 2.05) is 30.3 Å². The van der Waals surface area contributed by atoms with Gasteiger partial charge in [0.2, 0.25) is 0 Å². The number of nitrogens with one attached hydrogen (secondary N) is 1. The van der Waals surface area contributed by atoms with Crippen molar-refractivity contribution in [1.82, 2.24) is 10.2 Å². The van der Waals surface area contributed by atoms with Crippen molar-refractivity contribution >= 4 is 12.0 Å². The van der Waals surface area contributed by atoms with Gasteiger partial charge in [0, 0.05) is 13.1 Å². The van der Waals surface area contributed by atoms with Gasteiger partial charge in [-0.3, -0.25) is 4.79 Å². The third-order valence-corrected chi connectivity index (χ3v) is 3.18. The first-order valence-corrected chi connectivity index (χ1v) is 6.57. The van der Waals surface area contributed by atoms with Gasteiger partial charge in [0.25, 0.3) is 0 Å². The molecule has 0 radical (unpaired) electrons. The number of nitrogens with zero attached hydrogens (tertiary/aromatic N) is 1. The molecule has 1 aliphatic heterocycles. The second kappa shape index (κ2) is 6.91. The van der Waals surface area contributed by atoms with E-state index in [4.69, 9.17) is 9.84 Å². The highest BCUT2D eigenvalue weighted by molar-refractivity contribution is 5.76. The lowest BCUT2D eigenvalue weighted by Gasteiger charge is -2.29. The van der Waals surface area contributed by atoms with Crippen molar-refractivity contribution in [3.63, 3.8) is 0 Å². The largest absolute Gasteiger partial charge is 0.481 e. The summed E-state index contributed by atoms with van der Waals surface area (Å²) in [4.78, 5) is 24.7. The number of urea groups is 1. The highest BCUT2D eigenvalue weighted by Crippen LogP contribution is 2.17. The third-order valence-electron chi connectivity index (χ3n) is 3.18. The number of carbonyl (C=O) groups excluding carboxylic acids is 1. The molecule has 0 saturated carbocycles. The number of amides is 2. The summed E-state index contributed by atoms with van der Waals surface area (Å²) in [5.74, 6) is -0.943. The molecule has 0 aromatic heterocycles. The summed E-state index contributed by atoms with van der Waals surface area (Å²) < 4.78 is 5.19. The van der Waals surface area contributed by atoms with Crippen LogP contribution in [-0.2, 0) is 9.53 Å². The molecule has 6 heteroatoms. The number of hydrogen-bond donors (Lipinski definition) is 2. The van der Waals surface area contributed by atoms with Crippen molar-refractivity contribution in [3.05, 3.63) is 35.9 Å². The summed E-state index contributed by atoms with van der Waals surface area (Å²) in [6, 6.07) is 8.36. The van der Waals surface area contributed by atoms with Crippen LogP contribution in [0.5, 0.6) is 0 Å². The van der Waals surface area contributed by atoms with Gasteiger partial charge in [-0.1, -0.05) is 30.3 Å². The number of benzene rings is 1. The van der Waals surface area contributed by atoms with Gasteiger partial charge in [-0.15, -0.1) is 0 Å². The molecular formula is C14H18N2O4.